The number of nitrogens with zero attached hydrogens (tertiary/aromatic N) is 1. The highest BCUT2D eigenvalue weighted by Gasteiger charge is 1.94. The molecule has 1 aromatic rings. The van der Waals surface area contributed by atoms with Gasteiger partial charge in [-0.05, 0) is 30.5 Å². The predicted octanol–water partition coefficient (Wildman–Crippen LogP) is 0.311. The van der Waals surface area contributed by atoms with Gasteiger partial charge in [-0.2, -0.15) is 0 Å². The standard InChI is InChI=1S/C12H15N3O/c1-2-12(16)15-8-4-7-14-10-11-5-3-6-13-9-11/h1,3,5-6,9,14H,4,7-8,10H2,(H,15,16). The zero-order chi connectivity index (χ0) is 11.6. The molecule has 84 valence electrons. The average Bonchev–Trinajstić information content (AvgIpc) is 2.34. The van der Waals surface area contributed by atoms with Crippen molar-refractivity contribution in [2.45, 2.75) is 13.0 Å². The van der Waals surface area contributed by atoms with Crippen LogP contribution in [0.4, 0.5) is 0 Å². The molecule has 1 aromatic heterocycles. The quantitative estimate of drug-likeness (QED) is 0.532. The lowest BCUT2D eigenvalue weighted by molar-refractivity contribution is -0.115. The summed E-state index contributed by atoms with van der Waals surface area (Å²) in [5.74, 6) is 1.65. The summed E-state index contributed by atoms with van der Waals surface area (Å²) in [4.78, 5) is 14.7. The van der Waals surface area contributed by atoms with Crippen LogP contribution in [0.2, 0.25) is 0 Å². The molecule has 0 aliphatic carbocycles. The zero-order valence-electron chi connectivity index (χ0n) is 9.07. The normalized spacial score (nSPS) is 9.44. The Balaban J connectivity index is 2.01. The summed E-state index contributed by atoms with van der Waals surface area (Å²) in [6.07, 6.45) is 9.33. The minimum Gasteiger partial charge on any atom is -0.345 e. The van der Waals surface area contributed by atoms with E-state index in [2.05, 4.69) is 15.6 Å². The number of rotatable bonds is 6. The molecule has 0 atom stereocenters. The van der Waals surface area contributed by atoms with Crippen molar-refractivity contribution in [3.05, 3.63) is 30.1 Å². The fraction of sp³-hybridized carbons (Fsp3) is 0.333. The van der Waals surface area contributed by atoms with Crippen LogP contribution in [0.15, 0.2) is 24.5 Å². The van der Waals surface area contributed by atoms with E-state index in [-0.39, 0.29) is 5.91 Å². The van der Waals surface area contributed by atoms with Crippen LogP contribution in [0.5, 0.6) is 0 Å². The Kier molecular flexibility index (Phi) is 5.67. The first-order chi connectivity index (χ1) is 7.83. The summed E-state index contributed by atoms with van der Waals surface area (Å²) in [7, 11) is 0. The first kappa shape index (κ1) is 12.2. The third-order valence-electron chi connectivity index (χ3n) is 2.00. The van der Waals surface area contributed by atoms with E-state index in [0.717, 1.165) is 25.1 Å². The molecule has 16 heavy (non-hydrogen) atoms. The lowest BCUT2D eigenvalue weighted by atomic mass is 10.3. The van der Waals surface area contributed by atoms with Crippen molar-refractivity contribution >= 4 is 5.91 Å². The van der Waals surface area contributed by atoms with Gasteiger partial charge < -0.3 is 10.6 Å². The summed E-state index contributed by atoms with van der Waals surface area (Å²) in [6.45, 7) is 2.22. The summed E-state index contributed by atoms with van der Waals surface area (Å²) in [6, 6.07) is 3.92. The molecule has 1 heterocycles. The largest absolute Gasteiger partial charge is 0.345 e. The lowest BCUT2D eigenvalue weighted by Crippen LogP contribution is -2.25. The van der Waals surface area contributed by atoms with E-state index in [4.69, 9.17) is 6.42 Å². The van der Waals surface area contributed by atoms with Gasteiger partial charge >= 0.3 is 0 Å². The number of carbonyl (C=O) groups excluding carboxylic acids is 1. The SMILES string of the molecule is C#CC(=O)NCCCNCc1cccnc1. The number of nitrogens with one attached hydrogen (secondary N) is 2. The predicted molar refractivity (Wildman–Crippen MR) is 62.4 cm³/mol. The Morgan fingerprint density at radius 3 is 3.06 bits per heavy atom. The van der Waals surface area contributed by atoms with Gasteiger partial charge in [-0.3, -0.25) is 9.78 Å². The van der Waals surface area contributed by atoms with Crippen molar-refractivity contribution in [2.24, 2.45) is 0 Å². The molecule has 0 saturated heterocycles. The molecule has 0 saturated carbocycles. The summed E-state index contributed by atoms with van der Waals surface area (Å²) in [5, 5.41) is 5.85. The molecule has 0 aliphatic rings. The van der Waals surface area contributed by atoms with Crippen molar-refractivity contribution in [1.82, 2.24) is 15.6 Å². The Morgan fingerprint density at radius 1 is 1.50 bits per heavy atom. The molecule has 0 aliphatic heterocycles. The maximum atomic E-state index is 10.7. The van der Waals surface area contributed by atoms with Crippen LogP contribution in [-0.2, 0) is 11.3 Å². The molecular formula is C12H15N3O. The second-order valence-electron chi connectivity index (χ2n) is 3.29. The third-order valence-corrected chi connectivity index (χ3v) is 2.00. The van der Waals surface area contributed by atoms with Gasteiger partial charge in [0.1, 0.15) is 0 Å². The second kappa shape index (κ2) is 7.43. The van der Waals surface area contributed by atoms with Crippen molar-refractivity contribution in [3.63, 3.8) is 0 Å². The van der Waals surface area contributed by atoms with Gasteiger partial charge in [0.2, 0.25) is 0 Å². The fourth-order valence-corrected chi connectivity index (χ4v) is 1.20. The van der Waals surface area contributed by atoms with E-state index in [0.29, 0.717) is 6.54 Å². The number of carbonyl (C=O) groups is 1. The molecule has 2 N–H and O–H groups in total. The molecule has 0 aromatic carbocycles. The third kappa shape index (κ3) is 5.13. The number of hydrogen-bond acceptors (Lipinski definition) is 3. The molecular weight excluding hydrogens is 202 g/mol. The Hall–Kier alpha value is -1.86. The molecule has 0 unspecified atom stereocenters. The highest BCUT2D eigenvalue weighted by atomic mass is 16.1. The van der Waals surface area contributed by atoms with Gasteiger partial charge in [0.15, 0.2) is 0 Å². The van der Waals surface area contributed by atoms with Crippen molar-refractivity contribution in [1.29, 1.82) is 0 Å². The molecule has 0 spiro atoms. The van der Waals surface area contributed by atoms with Gasteiger partial charge in [0.05, 0.1) is 0 Å². The van der Waals surface area contributed by atoms with Crippen LogP contribution in [0.25, 0.3) is 0 Å². The lowest BCUT2D eigenvalue weighted by Gasteiger charge is -2.04. The van der Waals surface area contributed by atoms with Gasteiger partial charge in [-0.15, -0.1) is 6.42 Å². The first-order valence-electron chi connectivity index (χ1n) is 5.17. The number of aromatic nitrogens is 1. The minimum atomic E-state index is -0.354. The number of hydrogen-bond donors (Lipinski definition) is 2. The van der Waals surface area contributed by atoms with Crippen molar-refractivity contribution in [3.8, 4) is 12.3 Å². The van der Waals surface area contributed by atoms with Gasteiger partial charge in [0.25, 0.3) is 5.91 Å². The van der Waals surface area contributed by atoms with E-state index < -0.39 is 0 Å². The monoisotopic (exact) mass is 217 g/mol. The van der Waals surface area contributed by atoms with E-state index in [1.165, 1.54) is 0 Å². The van der Waals surface area contributed by atoms with E-state index in [1.807, 2.05) is 24.3 Å². The smallest absolute Gasteiger partial charge is 0.295 e. The van der Waals surface area contributed by atoms with Crippen LogP contribution in [0.3, 0.4) is 0 Å². The summed E-state index contributed by atoms with van der Waals surface area (Å²) in [5.41, 5.74) is 1.15. The number of pyridine rings is 1. The topological polar surface area (TPSA) is 54.0 Å². The Bertz CT molecular complexity index is 356. The van der Waals surface area contributed by atoms with Crippen LogP contribution >= 0.6 is 0 Å². The minimum absolute atomic E-state index is 0.354. The fourth-order valence-electron chi connectivity index (χ4n) is 1.20. The highest BCUT2D eigenvalue weighted by Crippen LogP contribution is 1.93. The van der Waals surface area contributed by atoms with Crippen molar-refractivity contribution < 1.29 is 4.79 Å². The van der Waals surface area contributed by atoms with Crippen LogP contribution in [0.1, 0.15) is 12.0 Å². The van der Waals surface area contributed by atoms with Crippen LogP contribution in [0, 0.1) is 12.3 Å². The van der Waals surface area contributed by atoms with Crippen molar-refractivity contribution in [2.75, 3.05) is 13.1 Å². The van der Waals surface area contributed by atoms with Gasteiger partial charge in [0, 0.05) is 25.5 Å². The Labute approximate surface area is 95.5 Å². The molecule has 0 radical (unpaired) electrons. The molecule has 0 bridgehead atoms. The van der Waals surface area contributed by atoms with E-state index >= 15 is 0 Å². The van der Waals surface area contributed by atoms with Gasteiger partial charge in [-0.25, -0.2) is 0 Å². The highest BCUT2D eigenvalue weighted by molar-refractivity contribution is 5.92. The maximum Gasteiger partial charge on any atom is 0.295 e. The van der Waals surface area contributed by atoms with E-state index in [1.54, 1.807) is 6.20 Å². The van der Waals surface area contributed by atoms with E-state index in [9.17, 15) is 4.79 Å². The molecule has 1 rings (SSSR count). The summed E-state index contributed by atoms with van der Waals surface area (Å²) < 4.78 is 0. The molecule has 4 heteroatoms. The number of terminal acetylenes is 1. The second-order valence-corrected chi connectivity index (χ2v) is 3.29. The van der Waals surface area contributed by atoms with Crippen LogP contribution in [-0.4, -0.2) is 24.0 Å². The molecule has 0 fully saturated rings. The molecule has 1 amide bonds. The maximum absolute atomic E-state index is 10.7. The van der Waals surface area contributed by atoms with Gasteiger partial charge in [-0.1, -0.05) is 6.07 Å². The zero-order valence-corrected chi connectivity index (χ0v) is 9.07. The Morgan fingerprint density at radius 2 is 2.38 bits per heavy atom. The number of amides is 1. The first-order valence-corrected chi connectivity index (χ1v) is 5.17. The summed E-state index contributed by atoms with van der Waals surface area (Å²) >= 11 is 0. The average molecular weight is 217 g/mol. The van der Waals surface area contributed by atoms with Crippen LogP contribution < -0.4 is 10.6 Å². The molecule has 4 nitrogen and oxygen atoms in total.